The summed E-state index contributed by atoms with van der Waals surface area (Å²) in [7, 11) is 0. The van der Waals surface area contributed by atoms with Crippen molar-refractivity contribution in [2.75, 3.05) is 18.0 Å². The molecule has 1 aliphatic heterocycles. The van der Waals surface area contributed by atoms with Gasteiger partial charge in [0.2, 0.25) is 5.89 Å². The Hall–Kier alpha value is -3.41. The van der Waals surface area contributed by atoms with Crippen molar-refractivity contribution in [1.29, 1.82) is 0 Å². The number of carbonyl (C=O) groups is 1. The lowest BCUT2D eigenvalue weighted by molar-refractivity contribution is 0.0960. The molecule has 0 N–H and O–H groups in total. The number of rotatable bonds is 5. The zero-order valence-corrected chi connectivity index (χ0v) is 16.3. The maximum atomic E-state index is 12.8. The van der Waals surface area contributed by atoms with E-state index in [4.69, 9.17) is 4.42 Å². The first-order valence-electron chi connectivity index (χ1n) is 9.90. The SMILES string of the molecule is Cc1ccccc1-c1nc(C(=O)C[C@H]2CCN(c3nccn4cccc34)C2)co1. The number of aryl methyl sites for hydroxylation is 1. The van der Waals surface area contributed by atoms with Crippen molar-refractivity contribution in [2.45, 2.75) is 19.8 Å². The van der Waals surface area contributed by atoms with Gasteiger partial charge in [-0.3, -0.25) is 4.79 Å². The van der Waals surface area contributed by atoms with Crippen LogP contribution in [0.15, 0.2) is 65.7 Å². The summed E-state index contributed by atoms with van der Waals surface area (Å²) in [5.41, 5.74) is 3.50. The Morgan fingerprint density at radius 3 is 3.00 bits per heavy atom. The Balaban J connectivity index is 1.28. The molecule has 6 heteroatoms. The smallest absolute Gasteiger partial charge is 0.226 e. The van der Waals surface area contributed by atoms with Crippen LogP contribution in [0.1, 0.15) is 28.9 Å². The van der Waals surface area contributed by atoms with Crippen molar-refractivity contribution >= 4 is 17.1 Å². The number of oxazole rings is 1. The lowest BCUT2D eigenvalue weighted by Crippen LogP contribution is -2.22. The molecule has 1 fully saturated rings. The molecule has 0 bridgehead atoms. The normalized spacial score (nSPS) is 16.6. The van der Waals surface area contributed by atoms with E-state index in [0.29, 0.717) is 18.0 Å². The van der Waals surface area contributed by atoms with Gasteiger partial charge in [0.05, 0.1) is 5.52 Å². The third kappa shape index (κ3) is 3.31. The van der Waals surface area contributed by atoms with Gasteiger partial charge < -0.3 is 13.7 Å². The molecule has 1 aromatic carbocycles. The van der Waals surface area contributed by atoms with Crippen LogP contribution in [0.3, 0.4) is 0 Å². The van der Waals surface area contributed by atoms with Gasteiger partial charge >= 0.3 is 0 Å². The summed E-state index contributed by atoms with van der Waals surface area (Å²) in [6.07, 6.45) is 8.72. The van der Waals surface area contributed by atoms with E-state index >= 15 is 0 Å². The molecule has 6 nitrogen and oxygen atoms in total. The molecule has 3 aromatic heterocycles. The Labute approximate surface area is 168 Å². The first kappa shape index (κ1) is 17.7. The van der Waals surface area contributed by atoms with E-state index in [0.717, 1.165) is 42.0 Å². The largest absolute Gasteiger partial charge is 0.444 e. The Morgan fingerprint density at radius 1 is 1.21 bits per heavy atom. The minimum atomic E-state index is 0.0364. The molecule has 0 amide bonds. The van der Waals surface area contributed by atoms with Crippen molar-refractivity contribution < 1.29 is 9.21 Å². The first-order valence-corrected chi connectivity index (χ1v) is 9.90. The maximum absolute atomic E-state index is 12.8. The monoisotopic (exact) mass is 386 g/mol. The van der Waals surface area contributed by atoms with E-state index in [-0.39, 0.29) is 11.7 Å². The molecular weight excluding hydrogens is 364 g/mol. The standard InChI is InChI=1S/C23H22N4O2/c1-16-5-2-3-6-18(16)23-25-19(15-29-23)21(28)13-17-8-11-27(14-17)22-20-7-4-10-26(20)12-9-24-22/h2-7,9-10,12,15,17H,8,11,13-14H2,1H3/t17-/m1/s1. The van der Waals surface area contributed by atoms with E-state index in [1.54, 1.807) is 0 Å². The molecule has 4 heterocycles. The van der Waals surface area contributed by atoms with Crippen LogP contribution in [-0.2, 0) is 0 Å². The van der Waals surface area contributed by atoms with E-state index in [2.05, 4.69) is 25.3 Å². The molecule has 0 aliphatic carbocycles. The van der Waals surface area contributed by atoms with Gasteiger partial charge in [0.25, 0.3) is 0 Å². The van der Waals surface area contributed by atoms with Crippen LogP contribution >= 0.6 is 0 Å². The number of nitrogens with zero attached hydrogens (tertiary/aromatic N) is 4. The second kappa shape index (κ2) is 7.20. The third-order valence-electron chi connectivity index (χ3n) is 5.66. The van der Waals surface area contributed by atoms with E-state index in [1.165, 1.54) is 6.26 Å². The minimum absolute atomic E-state index is 0.0364. The lowest BCUT2D eigenvalue weighted by Gasteiger charge is -2.18. The number of benzene rings is 1. The van der Waals surface area contributed by atoms with Crippen LogP contribution in [-0.4, -0.2) is 33.2 Å². The fourth-order valence-electron chi connectivity index (χ4n) is 4.10. The van der Waals surface area contributed by atoms with Gasteiger partial charge in [-0.15, -0.1) is 0 Å². The number of hydrogen-bond donors (Lipinski definition) is 0. The van der Waals surface area contributed by atoms with Crippen molar-refractivity contribution in [2.24, 2.45) is 5.92 Å². The van der Waals surface area contributed by atoms with Crippen LogP contribution < -0.4 is 4.90 Å². The number of anilines is 1. The van der Waals surface area contributed by atoms with E-state index < -0.39 is 0 Å². The predicted molar refractivity (Wildman–Crippen MR) is 111 cm³/mol. The Morgan fingerprint density at radius 2 is 2.10 bits per heavy atom. The van der Waals surface area contributed by atoms with Crippen molar-refractivity contribution in [3.63, 3.8) is 0 Å². The molecule has 1 aliphatic rings. The van der Waals surface area contributed by atoms with Crippen LogP contribution in [0, 0.1) is 12.8 Å². The molecule has 1 saturated heterocycles. The van der Waals surface area contributed by atoms with Crippen molar-refractivity contribution in [3.8, 4) is 11.5 Å². The molecule has 1 atom stereocenters. The van der Waals surface area contributed by atoms with E-state index in [1.807, 2.05) is 55.8 Å². The van der Waals surface area contributed by atoms with Crippen molar-refractivity contribution in [3.05, 3.63) is 72.5 Å². The second-order valence-corrected chi connectivity index (χ2v) is 7.63. The average Bonchev–Trinajstić information content (AvgIpc) is 3.48. The molecule has 0 radical (unpaired) electrons. The predicted octanol–water partition coefficient (Wildman–Crippen LogP) is 4.40. The highest BCUT2D eigenvalue weighted by Crippen LogP contribution is 2.29. The zero-order chi connectivity index (χ0) is 19.8. The van der Waals surface area contributed by atoms with Crippen molar-refractivity contribution in [1.82, 2.24) is 14.4 Å². The quantitative estimate of drug-likeness (QED) is 0.476. The maximum Gasteiger partial charge on any atom is 0.226 e. The lowest BCUT2D eigenvalue weighted by atomic mass is 10.0. The molecule has 0 unspecified atom stereocenters. The fourth-order valence-corrected chi connectivity index (χ4v) is 4.10. The third-order valence-corrected chi connectivity index (χ3v) is 5.66. The average molecular weight is 386 g/mol. The summed E-state index contributed by atoms with van der Waals surface area (Å²) in [5.74, 6) is 1.81. The highest BCUT2D eigenvalue weighted by atomic mass is 16.3. The van der Waals surface area contributed by atoms with Gasteiger partial charge in [-0.25, -0.2) is 9.97 Å². The van der Waals surface area contributed by atoms with E-state index in [9.17, 15) is 4.79 Å². The highest BCUT2D eigenvalue weighted by Gasteiger charge is 2.28. The summed E-state index contributed by atoms with van der Waals surface area (Å²) in [6, 6.07) is 12.0. The van der Waals surface area contributed by atoms with Gasteiger partial charge in [-0.1, -0.05) is 18.2 Å². The summed E-state index contributed by atoms with van der Waals surface area (Å²) in [6.45, 7) is 3.74. The van der Waals surface area contributed by atoms with Gasteiger partial charge in [-0.2, -0.15) is 0 Å². The number of Topliss-reactive ketones (excluding diaryl/α,β-unsaturated/α-hetero) is 1. The van der Waals surface area contributed by atoms with Gasteiger partial charge in [-0.05, 0) is 43.0 Å². The number of aromatic nitrogens is 3. The summed E-state index contributed by atoms with van der Waals surface area (Å²) in [4.78, 5) is 24.1. The number of hydrogen-bond acceptors (Lipinski definition) is 5. The minimum Gasteiger partial charge on any atom is -0.444 e. The summed E-state index contributed by atoms with van der Waals surface area (Å²) in [5, 5.41) is 0. The number of ketones is 1. The fraction of sp³-hybridized carbons (Fsp3) is 0.261. The topological polar surface area (TPSA) is 63.6 Å². The van der Waals surface area contributed by atoms with Crippen LogP contribution in [0.2, 0.25) is 0 Å². The van der Waals surface area contributed by atoms with Crippen LogP contribution in [0.4, 0.5) is 5.82 Å². The number of fused-ring (bicyclic) bond motifs is 1. The van der Waals surface area contributed by atoms with Crippen LogP contribution in [0.25, 0.3) is 17.0 Å². The molecule has 5 rings (SSSR count). The molecule has 146 valence electrons. The molecule has 29 heavy (non-hydrogen) atoms. The van der Waals surface area contributed by atoms with Gasteiger partial charge in [0, 0.05) is 43.7 Å². The van der Waals surface area contributed by atoms with Crippen LogP contribution in [0.5, 0.6) is 0 Å². The summed E-state index contributed by atoms with van der Waals surface area (Å²) < 4.78 is 7.66. The van der Waals surface area contributed by atoms with Gasteiger partial charge in [0.1, 0.15) is 12.0 Å². The Bertz CT molecular complexity index is 1180. The van der Waals surface area contributed by atoms with Gasteiger partial charge in [0.15, 0.2) is 11.6 Å². The highest BCUT2D eigenvalue weighted by molar-refractivity contribution is 5.94. The molecule has 0 saturated carbocycles. The first-order chi connectivity index (χ1) is 14.2. The zero-order valence-electron chi connectivity index (χ0n) is 16.3. The molecule has 4 aromatic rings. The summed E-state index contributed by atoms with van der Waals surface area (Å²) >= 11 is 0. The molecular formula is C23H22N4O2. The number of carbonyl (C=O) groups excluding carboxylic acids is 1. The Kier molecular flexibility index (Phi) is 4.39. The molecule has 0 spiro atoms. The second-order valence-electron chi connectivity index (χ2n) is 7.63.